The number of hydrogen-bond donors (Lipinski definition) is 1. The lowest BCUT2D eigenvalue weighted by atomic mass is 10.2. The normalized spacial score (nSPS) is 10.6. The Morgan fingerprint density at radius 1 is 1.44 bits per heavy atom. The molecule has 0 radical (unpaired) electrons. The average Bonchev–Trinajstić information content (AvgIpc) is 2.61. The highest BCUT2D eigenvalue weighted by Gasteiger charge is 2.04. The molecule has 1 N–H and O–H groups in total. The Bertz CT molecular complexity index is 315. The van der Waals surface area contributed by atoms with Crippen LogP contribution >= 0.6 is 0 Å². The van der Waals surface area contributed by atoms with Gasteiger partial charge in [0.1, 0.15) is 5.82 Å². The third-order valence-electron chi connectivity index (χ3n) is 2.79. The van der Waals surface area contributed by atoms with E-state index >= 15 is 0 Å². The first-order valence-corrected chi connectivity index (χ1v) is 6.06. The molecule has 3 nitrogen and oxygen atoms in total. The highest BCUT2D eigenvalue weighted by molar-refractivity contribution is 5.04. The van der Waals surface area contributed by atoms with E-state index in [2.05, 4.69) is 28.4 Å². The van der Waals surface area contributed by atoms with Crippen LogP contribution in [0.25, 0.3) is 0 Å². The van der Waals surface area contributed by atoms with Gasteiger partial charge in [0.05, 0.1) is 5.69 Å². The molecule has 1 rings (SSSR count). The molecule has 90 valence electrons. The van der Waals surface area contributed by atoms with Gasteiger partial charge >= 0.3 is 0 Å². The summed E-state index contributed by atoms with van der Waals surface area (Å²) in [5, 5.41) is 3.17. The number of nitrogens with one attached hydrogen (secondary N) is 1. The van der Waals surface area contributed by atoms with Gasteiger partial charge in [-0.05, 0) is 33.2 Å². The van der Waals surface area contributed by atoms with Crippen molar-refractivity contribution >= 4 is 0 Å². The molecule has 0 atom stereocenters. The van der Waals surface area contributed by atoms with Crippen LogP contribution in [-0.2, 0) is 13.1 Å². The topological polar surface area (TPSA) is 29.9 Å². The Labute approximate surface area is 98.6 Å². The number of allylic oxidation sites excluding steroid dienone is 1. The molecule has 1 aromatic heterocycles. The van der Waals surface area contributed by atoms with Crippen molar-refractivity contribution in [3.8, 4) is 0 Å². The summed E-state index contributed by atoms with van der Waals surface area (Å²) in [5.74, 6) is 1.12. The second kappa shape index (κ2) is 7.23. The number of rotatable bonds is 8. The van der Waals surface area contributed by atoms with Crippen LogP contribution in [-0.4, -0.2) is 16.6 Å². The van der Waals surface area contributed by atoms with Crippen LogP contribution in [0.15, 0.2) is 18.9 Å². The van der Waals surface area contributed by atoms with E-state index in [4.69, 9.17) is 0 Å². The van der Waals surface area contributed by atoms with Crippen molar-refractivity contribution in [3.05, 3.63) is 30.4 Å². The Morgan fingerprint density at radius 2 is 2.25 bits per heavy atom. The molecule has 0 bridgehead atoms. The van der Waals surface area contributed by atoms with E-state index in [-0.39, 0.29) is 0 Å². The quantitative estimate of drug-likeness (QED) is 0.540. The van der Waals surface area contributed by atoms with Gasteiger partial charge in [0.15, 0.2) is 0 Å². The first-order valence-electron chi connectivity index (χ1n) is 6.06. The maximum Gasteiger partial charge on any atom is 0.105 e. The van der Waals surface area contributed by atoms with Gasteiger partial charge in [-0.3, -0.25) is 0 Å². The second-order valence-corrected chi connectivity index (χ2v) is 4.12. The van der Waals surface area contributed by atoms with Crippen molar-refractivity contribution in [2.24, 2.45) is 0 Å². The van der Waals surface area contributed by atoms with E-state index < -0.39 is 0 Å². The van der Waals surface area contributed by atoms with Gasteiger partial charge < -0.3 is 9.88 Å². The predicted molar refractivity (Wildman–Crippen MR) is 68.4 cm³/mol. The van der Waals surface area contributed by atoms with Crippen LogP contribution < -0.4 is 5.32 Å². The molecule has 0 amide bonds. The predicted octanol–water partition coefficient (Wildman–Crippen LogP) is 2.66. The lowest BCUT2D eigenvalue weighted by molar-refractivity contribution is 0.557. The number of aryl methyl sites for hydroxylation is 1. The molecule has 0 fully saturated rings. The van der Waals surface area contributed by atoms with Crippen molar-refractivity contribution in [3.63, 3.8) is 0 Å². The molecular weight excluding hydrogens is 198 g/mol. The van der Waals surface area contributed by atoms with Crippen molar-refractivity contribution in [2.45, 2.75) is 45.7 Å². The van der Waals surface area contributed by atoms with Crippen molar-refractivity contribution in [1.29, 1.82) is 0 Å². The third kappa shape index (κ3) is 3.81. The van der Waals surface area contributed by atoms with Crippen LogP contribution in [0.4, 0.5) is 0 Å². The highest BCUT2D eigenvalue weighted by Crippen LogP contribution is 2.08. The molecule has 0 aliphatic rings. The lowest BCUT2D eigenvalue weighted by Gasteiger charge is -2.09. The van der Waals surface area contributed by atoms with Crippen molar-refractivity contribution < 1.29 is 0 Å². The molecule has 0 aromatic carbocycles. The Hall–Kier alpha value is -1.09. The van der Waals surface area contributed by atoms with E-state index in [1.165, 1.54) is 25.0 Å². The summed E-state index contributed by atoms with van der Waals surface area (Å²) in [6.45, 7) is 7.79. The molecule has 16 heavy (non-hydrogen) atoms. The summed E-state index contributed by atoms with van der Waals surface area (Å²) in [5.41, 5.74) is 1.28. The number of imidazole rings is 1. The van der Waals surface area contributed by atoms with Gasteiger partial charge in [-0.25, -0.2) is 4.98 Å². The maximum absolute atomic E-state index is 4.36. The summed E-state index contributed by atoms with van der Waals surface area (Å²) in [6.07, 6.45) is 8.83. The average molecular weight is 221 g/mol. The van der Waals surface area contributed by atoms with Crippen LogP contribution in [0.1, 0.15) is 37.2 Å². The highest BCUT2D eigenvalue weighted by atomic mass is 15.1. The molecule has 1 aromatic rings. The molecular formula is C13H23N3. The van der Waals surface area contributed by atoms with Gasteiger partial charge in [-0.15, -0.1) is 6.58 Å². The number of nitrogens with zero attached hydrogens (tertiary/aromatic N) is 2. The van der Waals surface area contributed by atoms with Gasteiger partial charge in [-0.2, -0.15) is 0 Å². The second-order valence-electron chi connectivity index (χ2n) is 4.12. The molecule has 0 unspecified atom stereocenters. The van der Waals surface area contributed by atoms with Crippen molar-refractivity contribution in [2.75, 3.05) is 7.05 Å². The zero-order valence-electron chi connectivity index (χ0n) is 10.5. The van der Waals surface area contributed by atoms with E-state index in [0.717, 1.165) is 25.3 Å². The van der Waals surface area contributed by atoms with Crippen LogP contribution in [0.5, 0.6) is 0 Å². The Morgan fingerprint density at radius 3 is 2.94 bits per heavy atom. The minimum atomic E-state index is 0.896. The van der Waals surface area contributed by atoms with Gasteiger partial charge in [0, 0.05) is 19.3 Å². The molecule has 0 aliphatic heterocycles. The SMILES string of the molecule is C=CCCCCCn1c(CNC)cnc1C. The van der Waals surface area contributed by atoms with Crippen LogP contribution in [0.3, 0.4) is 0 Å². The van der Waals surface area contributed by atoms with E-state index in [9.17, 15) is 0 Å². The Balaban J connectivity index is 2.39. The molecule has 0 spiro atoms. The van der Waals surface area contributed by atoms with Crippen LogP contribution in [0.2, 0.25) is 0 Å². The molecule has 1 heterocycles. The standard InChI is InChI=1S/C13H23N3/c1-4-5-6-7-8-9-16-12(2)15-11-13(16)10-14-3/h4,11,14H,1,5-10H2,2-3H3. The molecule has 3 heteroatoms. The summed E-state index contributed by atoms with van der Waals surface area (Å²) >= 11 is 0. The fourth-order valence-corrected chi connectivity index (χ4v) is 1.88. The fraction of sp³-hybridized carbons (Fsp3) is 0.615. The lowest BCUT2D eigenvalue weighted by Crippen LogP contribution is -2.12. The summed E-state index contributed by atoms with van der Waals surface area (Å²) in [7, 11) is 1.97. The fourth-order valence-electron chi connectivity index (χ4n) is 1.88. The monoisotopic (exact) mass is 221 g/mol. The van der Waals surface area contributed by atoms with Gasteiger partial charge in [-0.1, -0.05) is 12.5 Å². The van der Waals surface area contributed by atoms with Crippen molar-refractivity contribution in [1.82, 2.24) is 14.9 Å². The molecule has 0 saturated carbocycles. The first-order chi connectivity index (χ1) is 7.79. The zero-order chi connectivity index (χ0) is 11.8. The molecule has 0 aliphatic carbocycles. The minimum Gasteiger partial charge on any atom is -0.331 e. The number of unbranched alkanes of at least 4 members (excludes halogenated alkanes) is 3. The van der Waals surface area contributed by atoms with E-state index in [1.807, 2.05) is 19.3 Å². The third-order valence-corrected chi connectivity index (χ3v) is 2.79. The maximum atomic E-state index is 4.36. The molecule has 0 saturated heterocycles. The van der Waals surface area contributed by atoms with Gasteiger partial charge in [0.25, 0.3) is 0 Å². The van der Waals surface area contributed by atoms with Crippen LogP contribution in [0, 0.1) is 6.92 Å². The number of hydrogen-bond acceptors (Lipinski definition) is 2. The van der Waals surface area contributed by atoms with E-state index in [1.54, 1.807) is 0 Å². The Kier molecular flexibility index (Phi) is 5.86. The smallest absolute Gasteiger partial charge is 0.105 e. The largest absolute Gasteiger partial charge is 0.331 e. The summed E-state index contributed by atoms with van der Waals surface area (Å²) in [6, 6.07) is 0. The summed E-state index contributed by atoms with van der Waals surface area (Å²) in [4.78, 5) is 4.36. The summed E-state index contributed by atoms with van der Waals surface area (Å²) < 4.78 is 2.31. The minimum absolute atomic E-state index is 0.896. The zero-order valence-corrected chi connectivity index (χ0v) is 10.5. The first kappa shape index (κ1) is 13.0. The van der Waals surface area contributed by atoms with Gasteiger partial charge in [0.2, 0.25) is 0 Å². The van der Waals surface area contributed by atoms with E-state index in [0.29, 0.717) is 0 Å². The number of aromatic nitrogens is 2.